The molecule has 20 heteroatoms. The van der Waals surface area contributed by atoms with Gasteiger partial charge >= 0.3 is 0 Å². The SMILES string of the molecule is CCCCCCCCCCCCCC=CC(O)C(COC1OC(CO)C(OC2OC(CO)C(OC3OC(CO)C(O)C(O)C3NC(C)=O)C(O)C2O)C(O)C1O)NC(=O)CCCCCCCCCCCCCCCCCCCCCCCC. The summed E-state index contributed by atoms with van der Waals surface area (Å²) in [4.78, 5) is 25.4. The van der Waals surface area contributed by atoms with Crippen molar-refractivity contribution >= 4 is 11.8 Å². The summed E-state index contributed by atoms with van der Waals surface area (Å²) in [7, 11) is 0. The maximum atomic E-state index is 13.4. The van der Waals surface area contributed by atoms with E-state index in [1.54, 1.807) is 6.08 Å². The molecule has 3 aliphatic rings. The summed E-state index contributed by atoms with van der Waals surface area (Å²) in [6.45, 7) is 2.85. The molecule has 3 rings (SSSR count). The first-order valence-corrected chi connectivity index (χ1v) is 32.9. The first-order chi connectivity index (χ1) is 40.2. The van der Waals surface area contributed by atoms with Crippen molar-refractivity contribution in [1.29, 1.82) is 0 Å². The molecule has 3 saturated heterocycles. The molecule has 0 radical (unpaired) electrons. The number of aliphatic hydroxyl groups excluding tert-OH is 10. The highest BCUT2D eigenvalue weighted by molar-refractivity contribution is 5.76. The van der Waals surface area contributed by atoms with Crippen LogP contribution < -0.4 is 10.6 Å². The molecule has 17 unspecified atom stereocenters. The van der Waals surface area contributed by atoms with Crippen LogP contribution in [0.15, 0.2) is 12.2 Å². The fourth-order valence-electron chi connectivity index (χ4n) is 11.5. The Morgan fingerprint density at radius 1 is 0.470 bits per heavy atom. The van der Waals surface area contributed by atoms with Crippen LogP contribution in [0.5, 0.6) is 0 Å². The second-order valence-electron chi connectivity index (χ2n) is 24.0. The van der Waals surface area contributed by atoms with E-state index in [9.17, 15) is 60.7 Å². The molecule has 20 nitrogen and oxygen atoms in total. The zero-order valence-corrected chi connectivity index (χ0v) is 51.3. The van der Waals surface area contributed by atoms with Gasteiger partial charge in [0.25, 0.3) is 0 Å². The van der Waals surface area contributed by atoms with Crippen LogP contribution >= 0.6 is 0 Å². The predicted octanol–water partition coefficient (Wildman–Crippen LogP) is 6.69. The molecule has 0 spiro atoms. The van der Waals surface area contributed by atoms with Gasteiger partial charge in [0.05, 0.1) is 38.6 Å². The number of hydrogen-bond acceptors (Lipinski definition) is 18. The number of aliphatic hydroxyl groups is 10. The lowest BCUT2D eigenvalue weighted by Crippen LogP contribution is -2.68. The monoisotopic (exact) mass is 1190 g/mol. The Morgan fingerprint density at radius 3 is 1.27 bits per heavy atom. The number of carbonyl (C=O) groups is 2. The van der Waals surface area contributed by atoms with Crippen LogP contribution in [0.3, 0.4) is 0 Å². The Kier molecular flexibility index (Phi) is 41.9. The Hall–Kier alpha value is -1.96. The highest BCUT2D eigenvalue weighted by atomic mass is 16.8. The van der Waals surface area contributed by atoms with Crippen LogP contribution in [0.2, 0.25) is 0 Å². The zero-order valence-electron chi connectivity index (χ0n) is 51.3. The first-order valence-electron chi connectivity index (χ1n) is 32.9. The standard InChI is InChI=1S/C63H118N2O18/c1-4-6-8-10-12-14-16-18-19-20-21-22-23-24-25-26-28-30-32-34-36-38-40-51(71)65-46(47(70)39-37-35-33-31-29-27-17-15-13-11-9-7-5-2)44-78-62-57(76)55(74)60(49(42-67)80-62)83-63-58(77)56(75)59(50(43-68)81-63)82-61-52(64-45(3)69)54(73)53(72)48(41-66)79-61/h37,39,46-50,52-63,66-68,70,72-77H,4-36,38,40-44H2,1-3H3,(H,64,69)(H,65,71). The van der Waals surface area contributed by atoms with E-state index in [4.69, 9.17) is 28.4 Å². The number of hydrogen-bond donors (Lipinski definition) is 12. The summed E-state index contributed by atoms with van der Waals surface area (Å²) >= 11 is 0. The highest BCUT2D eigenvalue weighted by Crippen LogP contribution is 2.33. The first kappa shape index (κ1) is 75.3. The molecule has 0 aliphatic carbocycles. The van der Waals surface area contributed by atoms with Crippen molar-refractivity contribution in [3.8, 4) is 0 Å². The third-order valence-corrected chi connectivity index (χ3v) is 16.7. The van der Waals surface area contributed by atoms with E-state index in [2.05, 4.69) is 24.5 Å². The number of allylic oxidation sites excluding steroid dienone is 1. The van der Waals surface area contributed by atoms with Gasteiger partial charge < -0.3 is 90.1 Å². The molecule has 0 saturated carbocycles. The number of ether oxygens (including phenoxy) is 6. The number of rotatable bonds is 49. The zero-order chi connectivity index (χ0) is 60.6. The molecule has 0 bridgehead atoms. The van der Waals surface area contributed by atoms with E-state index >= 15 is 0 Å². The molecule has 0 aromatic rings. The van der Waals surface area contributed by atoms with Crippen LogP contribution in [0.4, 0.5) is 0 Å². The van der Waals surface area contributed by atoms with Crippen molar-refractivity contribution in [2.24, 2.45) is 0 Å². The van der Waals surface area contributed by atoms with Gasteiger partial charge in [0.2, 0.25) is 11.8 Å². The van der Waals surface area contributed by atoms with Gasteiger partial charge in [-0.2, -0.15) is 0 Å². The topological polar surface area (TPSA) is 316 Å². The van der Waals surface area contributed by atoms with Gasteiger partial charge in [-0.25, -0.2) is 0 Å². The van der Waals surface area contributed by atoms with E-state index in [1.807, 2.05) is 6.08 Å². The van der Waals surface area contributed by atoms with Crippen LogP contribution in [-0.2, 0) is 38.0 Å². The molecule has 17 atom stereocenters. The van der Waals surface area contributed by atoms with Gasteiger partial charge in [0.1, 0.15) is 73.2 Å². The molecule has 2 amide bonds. The lowest BCUT2D eigenvalue weighted by molar-refractivity contribution is -0.374. The van der Waals surface area contributed by atoms with E-state index in [0.717, 1.165) is 51.9 Å². The minimum absolute atomic E-state index is 0.245. The number of amides is 2. The molecular formula is C63H118N2O18. The minimum atomic E-state index is -1.99. The lowest BCUT2D eigenvalue weighted by Gasteiger charge is -2.48. The van der Waals surface area contributed by atoms with Crippen LogP contribution in [0.1, 0.15) is 245 Å². The predicted molar refractivity (Wildman–Crippen MR) is 317 cm³/mol. The van der Waals surface area contributed by atoms with Crippen molar-refractivity contribution < 1.29 is 89.1 Å². The van der Waals surface area contributed by atoms with Crippen molar-refractivity contribution in [1.82, 2.24) is 10.6 Å². The smallest absolute Gasteiger partial charge is 0.220 e. The third-order valence-electron chi connectivity index (χ3n) is 16.7. The average molecular weight is 1190 g/mol. The van der Waals surface area contributed by atoms with Gasteiger partial charge in [-0.15, -0.1) is 0 Å². The number of carbonyl (C=O) groups excluding carboxylic acids is 2. The summed E-state index contributed by atoms with van der Waals surface area (Å²) in [5.74, 6) is -0.920. The lowest BCUT2D eigenvalue weighted by atomic mass is 9.95. The Labute approximate surface area is 498 Å². The van der Waals surface area contributed by atoms with Crippen molar-refractivity contribution in [2.45, 2.75) is 350 Å². The molecule has 12 N–H and O–H groups in total. The third kappa shape index (κ3) is 29.7. The quantitative estimate of drug-likeness (QED) is 0.0223. The molecule has 83 heavy (non-hydrogen) atoms. The van der Waals surface area contributed by atoms with E-state index in [-0.39, 0.29) is 18.9 Å². The van der Waals surface area contributed by atoms with Crippen LogP contribution in [-0.4, -0.2) is 194 Å². The van der Waals surface area contributed by atoms with E-state index < -0.39 is 130 Å². The molecule has 0 aromatic carbocycles. The summed E-state index contributed by atoms with van der Waals surface area (Å²) < 4.78 is 34.9. The fraction of sp³-hybridized carbons (Fsp3) is 0.937. The van der Waals surface area contributed by atoms with Crippen LogP contribution in [0, 0.1) is 0 Å². The van der Waals surface area contributed by atoms with E-state index in [1.165, 1.54) is 167 Å². The Balaban J connectivity index is 1.49. The maximum Gasteiger partial charge on any atom is 0.220 e. The summed E-state index contributed by atoms with van der Waals surface area (Å²) in [5.41, 5.74) is 0. The molecule has 0 aromatic heterocycles. The van der Waals surface area contributed by atoms with Crippen molar-refractivity contribution in [3.05, 3.63) is 12.2 Å². The highest BCUT2D eigenvalue weighted by Gasteiger charge is 2.54. The Morgan fingerprint density at radius 2 is 0.843 bits per heavy atom. The molecule has 3 aliphatic heterocycles. The number of nitrogens with one attached hydrogen (secondary N) is 2. The molecular weight excluding hydrogens is 1070 g/mol. The summed E-state index contributed by atoms with van der Waals surface area (Å²) in [6.07, 6.45) is 21.0. The summed E-state index contributed by atoms with van der Waals surface area (Å²) in [6, 6.07) is -2.40. The number of unbranched alkanes of at least 4 members (excludes halogenated alkanes) is 32. The minimum Gasteiger partial charge on any atom is -0.394 e. The van der Waals surface area contributed by atoms with E-state index in [0.29, 0.717) is 6.42 Å². The second kappa shape index (κ2) is 46.2. The maximum absolute atomic E-state index is 13.4. The van der Waals surface area contributed by atoms with Gasteiger partial charge in [-0.05, 0) is 19.3 Å². The Bertz CT molecular complexity index is 1630. The second-order valence-corrected chi connectivity index (χ2v) is 24.0. The van der Waals surface area contributed by atoms with Crippen molar-refractivity contribution in [2.75, 3.05) is 26.4 Å². The molecule has 3 heterocycles. The summed E-state index contributed by atoms with van der Waals surface area (Å²) in [5, 5.41) is 114. The van der Waals surface area contributed by atoms with Crippen LogP contribution in [0.25, 0.3) is 0 Å². The fourth-order valence-corrected chi connectivity index (χ4v) is 11.5. The largest absolute Gasteiger partial charge is 0.394 e. The van der Waals surface area contributed by atoms with Gasteiger partial charge in [0, 0.05) is 13.3 Å². The molecule has 488 valence electrons. The van der Waals surface area contributed by atoms with Gasteiger partial charge in [-0.3, -0.25) is 9.59 Å². The van der Waals surface area contributed by atoms with Crippen molar-refractivity contribution in [3.63, 3.8) is 0 Å². The van der Waals surface area contributed by atoms with Gasteiger partial charge in [0.15, 0.2) is 18.9 Å². The normalized spacial score (nSPS) is 29.3. The molecule has 3 fully saturated rings. The van der Waals surface area contributed by atoms with Gasteiger partial charge in [-0.1, -0.05) is 225 Å². The average Bonchev–Trinajstić information content (AvgIpc) is 3.67.